The van der Waals surface area contributed by atoms with E-state index < -0.39 is 0 Å². The number of rotatable bonds is 1. The van der Waals surface area contributed by atoms with Crippen molar-refractivity contribution in [2.45, 2.75) is 19.4 Å². The van der Waals surface area contributed by atoms with Crippen LogP contribution in [0, 0.1) is 11.3 Å². The van der Waals surface area contributed by atoms with Gasteiger partial charge in [0.2, 0.25) is 0 Å². The van der Waals surface area contributed by atoms with Gasteiger partial charge in [0, 0.05) is 16.8 Å². The predicted molar refractivity (Wildman–Crippen MR) is 77.9 cm³/mol. The molecule has 2 nitrogen and oxygen atoms in total. The molecule has 0 N–H and O–H groups in total. The minimum atomic E-state index is 0.336. The third-order valence-electron chi connectivity index (χ3n) is 3.55. The van der Waals surface area contributed by atoms with Crippen LogP contribution in [-0.2, 0) is 6.42 Å². The minimum absolute atomic E-state index is 0.336. The summed E-state index contributed by atoms with van der Waals surface area (Å²) in [6.45, 7) is 2.17. The molecule has 94 valence electrons. The molecule has 0 spiro atoms. The third kappa shape index (κ3) is 1.97. The Balaban J connectivity index is 2.18. The summed E-state index contributed by atoms with van der Waals surface area (Å²) in [4.78, 5) is 2.21. The van der Waals surface area contributed by atoms with E-state index in [1.807, 2.05) is 12.1 Å². The molecule has 3 rings (SSSR count). The summed E-state index contributed by atoms with van der Waals surface area (Å²) in [7, 11) is 0. The summed E-state index contributed by atoms with van der Waals surface area (Å²) in [5, 5.41) is 9.94. The van der Waals surface area contributed by atoms with Crippen molar-refractivity contribution in [3.8, 4) is 6.07 Å². The standard InChI is InChI=1S/C16H13ClN2/c1-11-8-12-4-2-3-5-15(12)19(11)16-9-14(17)7-6-13(16)10-18/h2-7,9,11H,8H2,1H3. The third-order valence-corrected chi connectivity index (χ3v) is 3.78. The summed E-state index contributed by atoms with van der Waals surface area (Å²) in [5.74, 6) is 0. The number of nitrogens with zero attached hydrogens (tertiary/aromatic N) is 2. The van der Waals surface area contributed by atoms with Gasteiger partial charge in [-0.05, 0) is 43.2 Å². The van der Waals surface area contributed by atoms with Gasteiger partial charge in [-0.3, -0.25) is 0 Å². The number of halogens is 1. The van der Waals surface area contributed by atoms with Crippen LogP contribution >= 0.6 is 11.6 Å². The van der Waals surface area contributed by atoms with Gasteiger partial charge in [-0.25, -0.2) is 0 Å². The Morgan fingerprint density at radius 1 is 1.21 bits per heavy atom. The van der Waals surface area contributed by atoms with E-state index in [1.165, 1.54) is 11.3 Å². The molecule has 0 fully saturated rings. The fourth-order valence-corrected chi connectivity index (χ4v) is 2.90. The van der Waals surface area contributed by atoms with Crippen LogP contribution < -0.4 is 4.90 Å². The first-order valence-electron chi connectivity index (χ1n) is 6.27. The molecule has 1 atom stereocenters. The highest BCUT2D eigenvalue weighted by Crippen LogP contribution is 2.40. The number of hydrogen-bond donors (Lipinski definition) is 0. The second kappa shape index (κ2) is 4.60. The minimum Gasteiger partial charge on any atom is -0.337 e. The number of fused-ring (bicyclic) bond motifs is 1. The van der Waals surface area contributed by atoms with Crippen molar-refractivity contribution in [3.05, 3.63) is 58.6 Å². The average molecular weight is 269 g/mol. The van der Waals surface area contributed by atoms with Gasteiger partial charge >= 0.3 is 0 Å². The fourth-order valence-electron chi connectivity index (χ4n) is 2.73. The first kappa shape index (κ1) is 12.1. The van der Waals surface area contributed by atoms with E-state index >= 15 is 0 Å². The van der Waals surface area contributed by atoms with Crippen molar-refractivity contribution >= 4 is 23.0 Å². The Hall–Kier alpha value is -1.98. The van der Waals surface area contributed by atoms with Gasteiger partial charge in [0.15, 0.2) is 0 Å². The lowest BCUT2D eigenvalue weighted by atomic mass is 10.1. The molecule has 0 amide bonds. The zero-order valence-electron chi connectivity index (χ0n) is 10.6. The maximum absolute atomic E-state index is 9.28. The molecule has 0 aliphatic carbocycles. The lowest BCUT2D eigenvalue weighted by Crippen LogP contribution is -2.24. The van der Waals surface area contributed by atoms with Crippen LogP contribution in [0.3, 0.4) is 0 Å². The van der Waals surface area contributed by atoms with Crippen LogP contribution in [0.5, 0.6) is 0 Å². The molecule has 3 heteroatoms. The second-order valence-electron chi connectivity index (χ2n) is 4.83. The zero-order chi connectivity index (χ0) is 13.4. The van der Waals surface area contributed by atoms with Gasteiger partial charge in [-0.2, -0.15) is 5.26 Å². The average Bonchev–Trinajstić information content (AvgIpc) is 2.74. The highest BCUT2D eigenvalue weighted by Gasteiger charge is 2.28. The van der Waals surface area contributed by atoms with Crippen LogP contribution in [0.4, 0.5) is 11.4 Å². The number of anilines is 2. The highest BCUT2D eigenvalue weighted by atomic mass is 35.5. The summed E-state index contributed by atoms with van der Waals surface area (Å²) in [5.41, 5.74) is 4.05. The van der Waals surface area contributed by atoms with Crippen LogP contribution in [0.2, 0.25) is 5.02 Å². The summed E-state index contributed by atoms with van der Waals surface area (Å²) in [6.07, 6.45) is 0.994. The van der Waals surface area contributed by atoms with Crippen molar-refractivity contribution < 1.29 is 0 Å². The molecule has 1 aliphatic rings. The molecule has 1 aliphatic heterocycles. The first-order valence-corrected chi connectivity index (χ1v) is 6.65. The lowest BCUT2D eigenvalue weighted by Gasteiger charge is -2.26. The fraction of sp³-hybridized carbons (Fsp3) is 0.188. The molecule has 2 aromatic rings. The van der Waals surface area contributed by atoms with Gasteiger partial charge in [0.25, 0.3) is 0 Å². The first-order chi connectivity index (χ1) is 9.20. The quantitative estimate of drug-likeness (QED) is 0.771. The molecular formula is C16H13ClN2. The summed E-state index contributed by atoms with van der Waals surface area (Å²) in [6, 6.07) is 16.3. The molecule has 0 saturated carbocycles. The Labute approximate surface area is 117 Å². The molecule has 0 aromatic heterocycles. The van der Waals surface area contributed by atoms with Crippen LogP contribution in [0.15, 0.2) is 42.5 Å². The van der Waals surface area contributed by atoms with Gasteiger partial charge in [-0.15, -0.1) is 0 Å². The molecule has 0 bridgehead atoms. The van der Waals surface area contributed by atoms with Crippen molar-refractivity contribution in [2.24, 2.45) is 0 Å². The summed E-state index contributed by atoms with van der Waals surface area (Å²) >= 11 is 6.09. The molecule has 1 heterocycles. The van der Waals surface area contributed by atoms with Crippen LogP contribution in [0.1, 0.15) is 18.1 Å². The number of nitriles is 1. The van der Waals surface area contributed by atoms with Gasteiger partial charge in [0.1, 0.15) is 6.07 Å². The SMILES string of the molecule is CC1Cc2ccccc2N1c1cc(Cl)ccc1C#N. The van der Waals surface area contributed by atoms with Gasteiger partial charge in [0.05, 0.1) is 11.3 Å². The number of para-hydroxylation sites is 1. The smallest absolute Gasteiger partial charge is 0.101 e. The molecule has 0 saturated heterocycles. The van der Waals surface area contributed by atoms with E-state index in [4.69, 9.17) is 11.6 Å². The van der Waals surface area contributed by atoms with Gasteiger partial charge in [-0.1, -0.05) is 29.8 Å². The highest BCUT2D eigenvalue weighted by molar-refractivity contribution is 6.31. The van der Waals surface area contributed by atoms with E-state index in [0.717, 1.165) is 12.1 Å². The largest absolute Gasteiger partial charge is 0.337 e. The molecule has 19 heavy (non-hydrogen) atoms. The van der Waals surface area contributed by atoms with E-state index in [-0.39, 0.29) is 0 Å². The molecular weight excluding hydrogens is 256 g/mol. The molecule has 1 unspecified atom stereocenters. The topological polar surface area (TPSA) is 27.0 Å². The second-order valence-corrected chi connectivity index (χ2v) is 5.26. The van der Waals surface area contributed by atoms with E-state index in [1.54, 1.807) is 12.1 Å². The Morgan fingerprint density at radius 3 is 2.79 bits per heavy atom. The monoisotopic (exact) mass is 268 g/mol. The zero-order valence-corrected chi connectivity index (χ0v) is 11.4. The van der Waals surface area contributed by atoms with Crippen molar-refractivity contribution in [2.75, 3.05) is 4.90 Å². The maximum atomic E-state index is 9.28. The van der Waals surface area contributed by atoms with Crippen LogP contribution in [-0.4, -0.2) is 6.04 Å². The normalized spacial score (nSPS) is 17.1. The van der Waals surface area contributed by atoms with Crippen LogP contribution in [0.25, 0.3) is 0 Å². The molecule has 0 radical (unpaired) electrons. The maximum Gasteiger partial charge on any atom is 0.101 e. The Kier molecular flexibility index (Phi) is 2.93. The van der Waals surface area contributed by atoms with E-state index in [2.05, 4.69) is 36.1 Å². The summed E-state index contributed by atoms with van der Waals surface area (Å²) < 4.78 is 0. The Bertz CT molecular complexity index is 673. The Morgan fingerprint density at radius 2 is 2.00 bits per heavy atom. The van der Waals surface area contributed by atoms with Gasteiger partial charge < -0.3 is 4.90 Å². The number of benzene rings is 2. The number of hydrogen-bond acceptors (Lipinski definition) is 2. The molecule has 2 aromatic carbocycles. The van der Waals surface area contributed by atoms with E-state index in [9.17, 15) is 5.26 Å². The van der Waals surface area contributed by atoms with Crippen molar-refractivity contribution in [1.82, 2.24) is 0 Å². The lowest BCUT2D eigenvalue weighted by molar-refractivity contribution is 0.758. The van der Waals surface area contributed by atoms with E-state index in [0.29, 0.717) is 16.6 Å². The predicted octanol–water partition coefficient (Wildman–Crippen LogP) is 4.29. The van der Waals surface area contributed by atoms with Crippen molar-refractivity contribution in [1.29, 1.82) is 5.26 Å². The van der Waals surface area contributed by atoms with Crippen molar-refractivity contribution in [3.63, 3.8) is 0 Å².